The van der Waals surface area contributed by atoms with Crippen molar-refractivity contribution in [2.24, 2.45) is 5.84 Å². The summed E-state index contributed by atoms with van der Waals surface area (Å²) in [7, 11) is 0. The predicted octanol–water partition coefficient (Wildman–Crippen LogP) is 2.55. The van der Waals surface area contributed by atoms with Crippen LogP contribution in [-0.2, 0) is 0 Å². The van der Waals surface area contributed by atoms with Crippen molar-refractivity contribution in [3.05, 3.63) is 52.7 Å². The Labute approximate surface area is 117 Å². The molecule has 0 radical (unpaired) electrons. The molecule has 1 heterocycles. The molecule has 0 saturated carbocycles. The van der Waals surface area contributed by atoms with Crippen LogP contribution >= 0.6 is 11.6 Å². The maximum absolute atomic E-state index is 13.5. The number of nitrogens with zero attached hydrogens (tertiary/aromatic N) is 1. The third-order valence-corrected chi connectivity index (χ3v) is 2.71. The number of hydrazine groups is 1. The van der Waals surface area contributed by atoms with E-state index in [1.54, 1.807) is 0 Å². The molecule has 0 saturated heterocycles. The monoisotopic (exact) mass is 298 g/mol. The highest BCUT2D eigenvalue weighted by Gasteiger charge is 2.14. The van der Waals surface area contributed by atoms with Crippen molar-refractivity contribution in [3.8, 4) is 0 Å². The van der Waals surface area contributed by atoms with Gasteiger partial charge >= 0.3 is 0 Å². The SMILES string of the molecule is NNc1cc(C(=O)Nc2c(F)cc(F)cc2Cl)ccn1. The Morgan fingerprint density at radius 2 is 2.05 bits per heavy atom. The Bertz CT molecular complexity index is 643. The molecular formula is C12H9ClF2N4O. The van der Waals surface area contributed by atoms with Gasteiger partial charge in [-0.15, -0.1) is 0 Å². The van der Waals surface area contributed by atoms with Crippen molar-refractivity contribution in [2.75, 3.05) is 10.7 Å². The maximum Gasteiger partial charge on any atom is 0.255 e. The highest BCUT2D eigenvalue weighted by atomic mass is 35.5. The first-order chi connectivity index (χ1) is 9.51. The number of carbonyl (C=O) groups is 1. The standard InChI is InChI=1S/C12H9ClF2N4O/c13-8-4-7(14)5-9(15)11(8)18-12(20)6-1-2-17-10(3-6)19-16/h1-5H,16H2,(H,17,19)(H,18,20). The molecule has 2 aromatic rings. The number of aromatic nitrogens is 1. The normalized spacial score (nSPS) is 10.2. The van der Waals surface area contributed by atoms with Crippen molar-refractivity contribution in [3.63, 3.8) is 0 Å². The first kappa shape index (κ1) is 14.2. The first-order valence-corrected chi connectivity index (χ1v) is 5.77. The largest absolute Gasteiger partial charge is 0.318 e. The fourth-order valence-corrected chi connectivity index (χ4v) is 1.74. The quantitative estimate of drug-likeness (QED) is 0.601. The number of benzene rings is 1. The molecule has 2 rings (SSSR count). The first-order valence-electron chi connectivity index (χ1n) is 5.40. The number of nitrogens with one attached hydrogen (secondary N) is 2. The van der Waals surface area contributed by atoms with Gasteiger partial charge in [0.05, 0.1) is 10.7 Å². The van der Waals surface area contributed by atoms with Crippen molar-refractivity contribution in [1.82, 2.24) is 4.98 Å². The van der Waals surface area contributed by atoms with Crippen LogP contribution < -0.4 is 16.6 Å². The van der Waals surface area contributed by atoms with E-state index in [0.717, 1.165) is 6.07 Å². The average molecular weight is 299 g/mol. The van der Waals surface area contributed by atoms with Crippen LogP contribution in [-0.4, -0.2) is 10.9 Å². The minimum Gasteiger partial charge on any atom is -0.318 e. The van der Waals surface area contributed by atoms with Crippen LogP contribution in [0.3, 0.4) is 0 Å². The summed E-state index contributed by atoms with van der Waals surface area (Å²) in [6.07, 6.45) is 1.35. The second-order valence-corrected chi connectivity index (χ2v) is 4.18. The molecule has 0 aliphatic heterocycles. The lowest BCUT2D eigenvalue weighted by Crippen LogP contribution is -2.15. The molecule has 8 heteroatoms. The van der Waals surface area contributed by atoms with Crippen LogP contribution in [0.4, 0.5) is 20.3 Å². The molecule has 0 aliphatic rings. The van der Waals surface area contributed by atoms with E-state index in [1.807, 2.05) is 0 Å². The van der Waals surface area contributed by atoms with E-state index in [4.69, 9.17) is 17.4 Å². The van der Waals surface area contributed by atoms with Gasteiger partial charge in [-0.3, -0.25) is 4.79 Å². The molecule has 0 fully saturated rings. The predicted molar refractivity (Wildman–Crippen MR) is 71.4 cm³/mol. The summed E-state index contributed by atoms with van der Waals surface area (Å²) in [5, 5.41) is 2.03. The number of hydrogen-bond acceptors (Lipinski definition) is 4. The summed E-state index contributed by atoms with van der Waals surface area (Å²) in [5.74, 6) is 3.01. The van der Waals surface area contributed by atoms with E-state index in [9.17, 15) is 13.6 Å². The molecule has 1 aromatic carbocycles. The Hall–Kier alpha value is -2.25. The van der Waals surface area contributed by atoms with Crippen LogP contribution in [0.25, 0.3) is 0 Å². The zero-order valence-corrected chi connectivity index (χ0v) is 10.7. The minimum absolute atomic E-state index is 0.188. The number of pyridine rings is 1. The van der Waals surface area contributed by atoms with Gasteiger partial charge in [-0.25, -0.2) is 19.6 Å². The lowest BCUT2D eigenvalue weighted by molar-refractivity contribution is 0.102. The molecule has 5 nitrogen and oxygen atoms in total. The lowest BCUT2D eigenvalue weighted by atomic mass is 10.2. The Morgan fingerprint density at radius 1 is 1.30 bits per heavy atom. The second kappa shape index (κ2) is 5.81. The highest BCUT2D eigenvalue weighted by Crippen LogP contribution is 2.26. The summed E-state index contributed by atoms with van der Waals surface area (Å²) in [6, 6.07) is 4.30. The second-order valence-electron chi connectivity index (χ2n) is 3.77. The van der Waals surface area contributed by atoms with Crippen LogP contribution in [0.2, 0.25) is 5.02 Å². The van der Waals surface area contributed by atoms with E-state index >= 15 is 0 Å². The van der Waals surface area contributed by atoms with Crippen molar-refractivity contribution in [1.29, 1.82) is 0 Å². The van der Waals surface area contributed by atoms with Gasteiger partial charge in [0, 0.05) is 17.8 Å². The van der Waals surface area contributed by atoms with Crippen LogP contribution in [0.5, 0.6) is 0 Å². The summed E-state index contributed by atoms with van der Waals surface area (Å²) >= 11 is 5.69. The summed E-state index contributed by atoms with van der Waals surface area (Å²) in [5.41, 5.74) is 2.17. The maximum atomic E-state index is 13.5. The van der Waals surface area contributed by atoms with Crippen molar-refractivity contribution >= 4 is 29.0 Å². The molecular weight excluding hydrogens is 290 g/mol. The van der Waals surface area contributed by atoms with E-state index in [0.29, 0.717) is 6.07 Å². The zero-order valence-electron chi connectivity index (χ0n) is 9.95. The number of amides is 1. The smallest absolute Gasteiger partial charge is 0.255 e. The van der Waals surface area contributed by atoms with Gasteiger partial charge in [0.25, 0.3) is 5.91 Å². The minimum atomic E-state index is -0.963. The zero-order chi connectivity index (χ0) is 14.7. The van der Waals surface area contributed by atoms with Gasteiger partial charge in [0.15, 0.2) is 5.82 Å². The highest BCUT2D eigenvalue weighted by molar-refractivity contribution is 6.34. The molecule has 1 aromatic heterocycles. The average Bonchev–Trinajstić information content (AvgIpc) is 2.42. The molecule has 0 bridgehead atoms. The molecule has 0 atom stereocenters. The summed E-state index contributed by atoms with van der Waals surface area (Å²) in [4.78, 5) is 15.8. The third-order valence-electron chi connectivity index (χ3n) is 2.42. The van der Waals surface area contributed by atoms with E-state index < -0.39 is 17.5 Å². The number of rotatable bonds is 3. The molecule has 1 amide bonds. The van der Waals surface area contributed by atoms with Gasteiger partial charge in [0.2, 0.25) is 0 Å². The van der Waals surface area contributed by atoms with Gasteiger partial charge in [0.1, 0.15) is 11.6 Å². The number of carbonyl (C=O) groups excluding carboxylic acids is 1. The number of nitrogens with two attached hydrogens (primary N) is 1. The van der Waals surface area contributed by atoms with Gasteiger partial charge < -0.3 is 10.7 Å². The number of hydrogen-bond donors (Lipinski definition) is 3. The van der Waals surface area contributed by atoms with Gasteiger partial charge in [-0.1, -0.05) is 11.6 Å². The molecule has 0 unspecified atom stereocenters. The number of anilines is 2. The Kier molecular flexibility index (Phi) is 4.11. The van der Waals surface area contributed by atoms with E-state index in [2.05, 4.69) is 15.7 Å². The van der Waals surface area contributed by atoms with Gasteiger partial charge in [-0.05, 0) is 18.2 Å². The van der Waals surface area contributed by atoms with E-state index in [-0.39, 0.29) is 22.1 Å². The summed E-state index contributed by atoms with van der Waals surface area (Å²) < 4.78 is 26.4. The van der Waals surface area contributed by atoms with Crippen LogP contribution in [0, 0.1) is 11.6 Å². The number of halogens is 3. The molecule has 0 aliphatic carbocycles. The summed E-state index contributed by atoms with van der Waals surface area (Å²) in [6.45, 7) is 0. The molecule has 20 heavy (non-hydrogen) atoms. The fraction of sp³-hybridized carbons (Fsp3) is 0. The van der Waals surface area contributed by atoms with Crippen LogP contribution in [0.1, 0.15) is 10.4 Å². The topological polar surface area (TPSA) is 80.0 Å². The van der Waals surface area contributed by atoms with Crippen molar-refractivity contribution in [2.45, 2.75) is 0 Å². The molecule has 104 valence electrons. The van der Waals surface area contributed by atoms with Crippen molar-refractivity contribution < 1.29 is 13.6 Å². The number of nitrogen functional groups attached to an aromatic ring is 1. The van der Waals surface area contributed by atoms with Gasteiger partial charge in [-0.2, -0.15) is 0 Å². The molecule has 4 N–H and O–H groups in total. The fourth-order valence-electron chi connectivity index (χ4n) is 1.50. The molecule has 0 spiro atoms. The van der Waals surface area contributed by atoms with E-state index in [1.165, 1.54) is 18.3 Å². The van der Waals surface area contributed by atoms with Crippen LogP contribution in [0.15, 0.2) is 30.5 Å². The lowest BCUT2D eigenvalue weighted by Gasteiger charge is -2.09. The Morgan fingerprint density at radius 3 is 2.70 bits per heavy atom. The third kappa shape index (κ3) is 3.01. The Balaban J connectivity index is 2.28.